The Bertz CT molecular complexity index is 459. The van der Waals surface area contributed by atoms with E-state index < -0.39 is 0 Å². The van der Waals surface area contributed by atoms with Crippen LogP contribution in [0.5, 0.6) is 0 Å². The van der Waals surface area contributed by atoms with E-state index in [1.807, 2.05) is 13.1 Å². The number of nitrogens with zero attached hydrogens (tertiary/aromatic N) is 1. The van der Waals surface area contributed by atoms with Crippen molar-refractivity contribution in [2.45, 2.75) is 31.8 Å². The second kappa shape index (κ2) is 6.60. The molecule has 0 spiro atoms. The normalized spacial score (nSPS) is 19.2. The second-order valence-electron chi connectivity index (χ2n) is 4.93. The Kier molecular flexibility index (Phi) is 5.08. The van der Waals surface area contributed by atoms with Gasteiger partial charge in [-0.1, -0.05) is 35.7 Å². The lowest BCUT2D eigenvalue weighted by Gasteiger charge is -2.27. The van der Waals surface area contributed by atoms with Crippen LogP contribution in [0, 0.1) is 0 Å². The standard InChI is InChI=1S/C14H18Cl2N2O/c1-18(14(19)13-4-2-3-7-17-13)9-10-5-6-11(15)8-12(10)16/h5-6,8,13,17H,2-4,7,9H2,1H3/t13-/m1/s1. The Labute approximate surface area is 123 Å². The first kappa shape index (κ1) is 14.6. The third-order valence-corrected chi connectivity index (χ3v) is 3.99. The van der Waals surface area contributed by atoms with Crippen molar-refractivity contribution >= 4 is 29.1 Å². The number of benzene rings is 1. The zero-order valence-electron chi connectivity index (χ0n) is 11.0. The number of amides is 1. The summed E-state index contributed by atoms with van der Waals surface area (Å²) in [5.41, 5.74) is 0.915. The summed E-state index contributed by atoms with van der Waals surface area (Å²) >= 11 is 12.0. The van der Waals surface area contributed by atoms with E-state index in [4.69, 9.17) is 23.2 Å². The smallest absolute Gasteiger partial charge is 0.239 e. The maximum atomic E-state index is 12.3. The molecule has 1 aromatic rings. The lowest BCUT2D eigenvalue weighted by atomic mass is 10.0. The summed E-state index contributed by atoms with van der Waals surface area (Å²) in [5, 5.41) is 4.47. The molecule has 1 saturated heterocycles. The number of hydrogen-bond acceptors (Lipinski definition) is 2. The van der Waals surface area contributed by atoms with E-state index in [1.165, 1.54) is 0 Å². The van der Waals surface area contributed by atoms with Gasteiger partial charge in [0.05, 0.1) is 6.04 Å². The van der Waals surface area contributed by atoms with Gasteiger partial charge in [0, 0.05) is 23.6 Å². The molecule has 0 radical (unpaired) electrons. The molecule has 1 aliphatic heterocycles. The molecule has 1 atom stereocenters. The van der Waals surface area contributed by atoms with Crippen molar-refractivity contribution < 1.29 is 4.79 Å². The Morgan fingerprint density at radius 1 is 1.42 bits per heavy atom. The molecule has 0 aliphatic carbocycles. The number of carbonyl (C=O) groups is 1. The highest BCUT2D eigenvalue weighted by molar-refractivity contribution is 6.35. The number of rotatable bonds is 3. The summed E-state index contributed by atoms with van der Waals surface area (Å²) < 4.78 is 0. The minimum absolute atomic E-state index is 0.0511. The topological polar surface area (TPSA) is 32.3 Å². The van der Waals surface area contributed by atoms with Crippen LogP contribution in [0.4, 0.5) is 0 Å². The number of halogens is 2. The van der Waals surface area contributed by atoms with Gasteiger partial charge in [0.25, 0.3) is 0 Å². The fourth-order valence-electron chi connectivity index (χ4n) is 2.31. The minimum atomic E-state index is -0.0511. The van der Waals surface area contributed by atoms with Crippen LogP contribution in [0.2, 0.25) is 10.0 Å². The van der Waals surface area contributed by atoms with Gasteiger partial charge in [0.15, 0.2) is 0 Å². The molecule has 1 heterocycles. The van der Waals surface area contributed by atoms with Gasteiger partial charge in [-0.15, -0.1) is 0 Å². The van der Waals surface area contributed by atoms with Crippen molar-refractivity contribution in [2.24, 2.45) is 0 Å². The van der Waals surface area contributed by atoms with Gasteiger partial charge in [0.1, 0.15) is 0 Å². The molecule has 3 nitrogen and oxygen atoms in total. The summed E-state index contributed by atoms with van der Waals surface area (Å²) in [5.74, 6) is 0.130. The average Bonchev–Trinajstić information content (AvgIpc) is 2.42. The van der Waals surface area contributed by atoms with Crippen LogP contribution < -0.4 is 5.32 Å². The summed E-state index contributed by atoms with van der Waals surface area (Å²) in [6, 6.07) is 5.31. The van der Waals surface area contributed by atoms with E-state index in [-0.39, 0.29) is 11.9 Å². The molecule has 5 heteroatoms. The van der Waals surface area contributed by atoms with E-state index in [0.717, 1.165) is 31.4 Å². The highest BCUT2D eigenvalue weighted by Crippen LogP contribution is 2.22. The summed E-state index contributed by atoms with van der Waals surface area (Å²) in [6.07, 6.45) is 3.17. The van der Waals surface area contributed by atoms with Crippen molar-refractivity contribution in [3.8, 4) is 0 Å². The SMILES string of the molecule is CN(Cc1ccc(Cl)cc1Cl)C(=O)[C@H]1CCCCN1. The van der Waals surface area contributed by atoms with Crippen molar-refractivity contribution in [3.63, 3.8) is 0 Å². The van der Waals surface area contributed by atoms with Gasteiger partial charge in [0.2, 0.25) is 5.91 Å². The predicted molar refractivity (Wildman–Crippen MR) is 78.6 cm³/mol. The van der Waals surface area contributed by atoms with E-state index >= 15 is 0 Å². The summed E-state index contributed by atoms with van der Waals surface area (Å²) in [4.78, 5) is 14.0. The maximum absolute atomic E-state index is 12.3. The van der Waals surface area contributed by atoms with Crippen LogP contribution in [0.1, 0.15) is 24.8 Å². The number of carbonyl (C=O) groups excluding carboxylic acids is 1. The summed E-state index contributed by atoms with van der Waals surface area (Å²) in [7, 11) is 1.81. The third kappa shape index (κ3) is 3.85. The zero-order valence-corrected chi connectivity index (χ0v) is 12.5. The number of piperidine rings is 1. The average molecular weight is 301 g/mol. The molecule has 1 fully saturated rings. The van der Waals surface area contributed by atoms with Gasteiger partial charge < -0.3 is 10.2 Å². The molecule has 0 unspecified atom stereocenters. The van der Waals surface area contributed by atoms with Gasteiger partial charge in [-0.05, 0) is 37.1 Å². The summed E-state index contributed by atoms with van der Waals surface area (Å²) in [6.45, 7) is 1.43. The molecule has 104 valence electrons. The van der Waals surface area contributed by atoms with E-state index in [9.17, 15) is 4.79 Å². The Balaban J connectivity index is 1.99. The van der Waals surface area contributed by atoms with Crippen LogP contribution in [-0.4, -0.2) is 30.4 Å². The highest BCUT2D eigenvalue weighted by Gasteiger charge is 2.23. The Morgan fingerprint density at radius 2 is 2.21 bits per heavy atom. The van der Waals surface area contributed by atoms with Crippen LogP contribution >= 0.6 is 23.2 Å². The van der Waals surface area contributed by atoms with Crippen LogP contribution in [0.15, 0.2) is 18.2 Å². The fourth-order valence-corrected chi connectivity index (χ4v) is 2.78. The van der Waals surface area contributed by atoms with Gasteiger partial charge >= 0.3 is 0 Å². The van der Waals surface area contributed by atoms with Gasteiger partial charge in [-0.2, -0.15) is 0 Å². The third-order valence-electron chi connectivity index (χ3n) is 3.41. The monoisotopic (exact) mass is 300 g/mol. The molecular weight excluding hydrogens is 283 g/mol. The van der Waals surface area contributed by atoms with Gasteiger partial charge in [-0.3, -0.25) is 4.79 Å². The lowest BCUT2D eigenvalue weighted by molar-refractivity contribution is -0.133. The maximum Gasteiger partial charge on any atom is 0.239 e. The first-order valence-electron chi connectivity index (χ1n) is 6.50. The van der Waals surface area contributed by atoms with Crippen LogP contribution in [-0.2, 0) is 11.3 Å². The number of hydrogen-bond donors (Lipinski definition) is 1. The molecule has 1 aromatic carbocycles. The predicted octanol–water partition coefficient (Wildman–Crippen LogP) is 3.09. The van der Waals surface area contributed by atoms with Crippen LogP contribution in [0.25, 0.3) is 0 Å². The molecule has 1 aliphatic rings. The van der Waals surface area contributed by atoms with E-state index in [2.05, 4.69) is 5.32 Å². The Morgan fingerprint density at radius 3 is 2.84 bits per heavy atom. The van der Waals surface area contributed by atoms with Crippen molar-refractivity contribution in [1.29, 1.82) is 0 Å². The molecule has 19 heavy (non-hydrogen) atoms. The highest BCUT2D eigenvalue weighted by atomic mass is 35.5. The molecule has 0 aromatic heterocycles. The molecule has 1 N–H and O–H groups in total. The molecule has 0 saturated carbocycles. The largest absolute Gasteiger partial charge is 0.340 e. The first-order chi connectivity index (χ1) is 9.08. The van der Waals surface area contributed by atoms with Crippen molar-refractivity contribution in [1.82, 2.24) is 10.2 Å². The van der Waals surface area contributed by atoms with Crippen LogP contribution in [0.3, 0.4) is 0 Å². The molecule has 0 bridgehead atoms. The van der Waals surface area contributed by atoms with Crippen molar-refractivity contribution in [3.05, 3.63) is 33.8 Å². The quantitative estimate of drug-likeness (QED) is 0.930. The second-order valence-corrected chi connectivity index (χ2v) is 5.78. The number of likely N-dealkylation sites (N-methyl/N-ethyl adjacent to an activating group) is 1. The molecule has 1 amide bonds. The Hall–Kier alpha value is -0.770. The van der Waals surface area contributed by atoms with E-state index in [0.29, 0.717) is 16.6 Å². The molecular formula is C14H18Cl2N2O. The molecule has 2 rings (SSSR count). The zero-order chi connectivity index (χ0) is 13.8. The van der Waals surface area contributed by atoms with Gasteiger partial charge in [-0.25, -0.2) is 0 Å². The fraction of sp³-hybridized carbons (Fsp3) is 0.500. The lowest BCUT2D eigenvalue weighted by Crippen LogP contribution is -2.47. The van der Waals surface area contributed by atoms with Crippen molar-refractivity contribution in [2.75, 3.05) is 13.6 Å². The van der Waals surface area contributed by atoms with E-state index in [1.54, 1.807) is 17.0 Å². The first-order valence-corrected chi connectivity index (χ1v) is 7.26. The number of nitrogens with one attached hydrogen (secondary N) is 1. The minimum Gasteiger partial charge on any atom is -0.340 e.